The van der Waals surface area contributed by atoms with E-state index in [2.05, 4.69) is 37.9 Å². The molecular weight excluding hydrogens is 266 g/mol. The minimum atomic E-state index is -0.562. The largest absolute Gasteiger partial charge is 0.394 e. The molecule has 1 aromatic carbocycles. The van der Waals surface area contributed by atoms with Crippen LogP contribution in [0, 0.1) is 0 Å². The molecule has 0 aliphatic heterocycles. The van der Waals surface area contributed by atoms with Gasteiger partial charge in [0.2, 0.25) is 0 Å². The quantitative estimate of drug-likeness (QED) is 0.538. The first-order valence-corrected chi connectivity index (χ1v) is 7.86. The number of hydrogen-bond acceptors (Lipinski definition) is 5. The zero-order valence-corrected chi connectivity index (χ0v) is 13.8. The Bertz CT molecular complexity index is 510. The standard InChI is InChI=1S/C16H29N3O2/c1-5-6-7-10-19(16(2,3)4)11-8-9-18-13-12(17)14(20)15(13)21/h18H,5-11,17H2,1-4H3. The summed E-state index contributed by atoms with van der Waals surface area (Å²) in [5.41, 5.74) is 4.97. The fourth-order valence-corrected chi connectivity index (χ4v) is 2.40. The van der Waals surface area contributed by atoms with Crippen LogP contribution in [0.5, 0.6) is 0 Å². The Kier molecular flexibility index (Phi) is 6.40. The van der Waals surface area contributed by atoms with E-state index in [4.69, 9.17) is 5.73 Å². The van der Waals surface area contributed by atoms with Gasteiger partial charge >= 0.3 is 0 Å². The van der Waals surface area contributed by atoms with Crippen molar-refractivity contribution in [1.82, 2.24) is 4.90 Å². The molecule has 5 nitrogen and oxygen atoms in total. The number of nitrogen functional groups attached to an aromatic ring is 1. The Hall–Kier alpha value is -1.36. The molecule has 0 radical (unpaired) electrons. The van der Waals surface area contributed by atoms with Crippen molar-refractivity contribution in [2.45, 2.75) is 58.9 Å². The lowest BCUT2D eigenvalue weighted by molar-refractivity contribution is 0.133. The van der Waals surface area contributed by atoms with Gasteiger partial charge in [-0.1, -0.05) is 19.8 Å². The van der Waals surface area contributed by atoms with Crippen LogP contribution < -0.4 is 21.9 Å². The second kappa shape index (κ2) is 7.59. The first-order chi connectivity index (χ1) is 9.79. The summed E-state index contributed by atoms with van der Waals surface area (Å²) in [7, 11) is 0. The van der Waals surface area contributed by atoms with Crippen LogP contribution in [0.4, 0.5) is 11.4 Å². The van der Waals surface area contributed by atoms with E-state index in [0.717, 1.165) is 19.5 Å². The van der Waals surface area contributed by atoms with Crippen LogP contribution in [-0.2, 0) is 0 Å². The van der Waals surface area contributed by atoms with Gasteiger partial charge in [-0.25, -0.2) is 0 Å². The SMILES string of the molecule is CCCCCN(CCCNc1c(N)c(=O)c1=O)C(C)(C)C. The van der Waals surface area contributed by atoms with Crippen LogP contribution in [0.15, 0.2) is 9.59 Å². The van der Waals surface area contributed by atoms with Gasteiger partial charge in [-0.3, -0.25) is 14.5 Å². The summed E-state index contributed by atoms with van der Waals surface area (Å²) in [6.07, 6.45) is 4.61. The van der Waals surface area contributed by atoms with Crippen molar-refractivity contribution in [3.8, 4) is 0 Å². The summed E-state index contributed by atoms with van der Waals surface area (Å²) in [5.74, 6) is 0. The zero-order valence-electron chi connectivity index (χ0n) is 13.8. The maximum absolute atomic E-state index is 11.3. The number of hydrogen-bond donors (Lipinski definition) is 2. The van der Waals surface area contributed by atoms with E-state index in [1.54, 1.807) is 0 Å². The first-order valence-electron chi connectivity index (χ1n) is 7.86. The van der Waals surface area contributed by atoms with Gasteiger partial charge in [0, 0.05) is 18.6 Å². The average Bonchev–Trinajstić information content (AvgIpc) is 2.43. The van der Waals surface area contributed by atoms with Crippen LogP contribution in [0.3, 0.4) is 0 Å². The summed E-state index contributed by atoms with van der Waals surface area (Å²) in [4.78, 5) is 24.8. The zero-order chi connectivity index (χ0) is 16.0. The number of rotatable bonds is 9. The van der Waals surface area contributed by atoms with Crippen molar-refractivity contribution in [3.05, 3.63) is 20.4 Å². The summed E-state index contributed by atoms with van der Waals surface area (Å²) in [6, 6.07) is 0. The van der Waals surface area contributed by atoms with Crippen molar-refractivity contribution in [1.29, 1.82) is 0 Å². The number of anilines is 2. The highest BCUT2D eigenvalue weighted by Crippen LogP contribution is 2.15. The van der Waals surface area contributed by atoms with E-state index in [-0.39, 0.29) is 11.2 Å². The molecule has 0 amide bonds. The molecule has 0 atom stereocenters. The van der Waals surface area contributed by atoms with Crippen molar-refractivity contribution in [2.24, 2.45) is 0 Å². The first kappa shape index (κ1) is 17.7. The fourth-order valence-electron chi connectivity index (χ4n) is 2.40. The molecule has 0 aromatic heterocycles. The number of nitrogens with two attached hydrogens (primary N) is 1. The normalized spacial score (nSPS) is 12.2. The minimum absolute atomic E-state index is 0.0793. The number of nitrogens with zero attached hydrogens (tertiary/aromatic N) is 1. The monoisotopic (exact) mass is 295 g/mol. The molecule has 3 N–H and O–H groups in total. The molecule has 21 heavy (non-hydrogen) atoms. The molecule has 0 heterocycles. The van der Waals surface area contributed by atoms with Crippen molar-refractivity contribution in [3.63, 3.8) is 0 Å². The average molecular weight is 295 g/mol. The van der Waals surface area contributed by atoms with Gasteiger partial charge in [0.25, 0.3) is 10.9 Å². The number of unbranched alkanes of at least 4 members (excludes halogenated alkanes) is 2. The Morgan fingerprint density at radius 3 is 2.19 bits per heavy atom. The second-order valence-electron chi connectivity index (χ2n) is 6.59. The van der Waals surface area contributed by atoms with E-state index in [1.165, 1.54) is 19.3 Å². The lowest BCUT2D eigenvalue weighted by Gasteiger charge is -2.36. The molecule has 0 saturated heterocycles. The van der Waals surface area contributed by atoms with Gasteiger partial charge in [-0.05, 0) is 40.2 Å². The van der Waals surface area contributed by atoms with Gasteiger partial charge in [-0.15, -0.1) is 0 Å². The van der Waals surface area contributed by atoms with Gasteiger partial charge in [0.15, 0.2) is 0 Å². The van der Waals surface area contributed by atoms with Crippen molar-refractivity contribution < 1.29 is 0 Å². The Balaban J connectivity index is 2.37. The van der Waals surface area contributed by atoms with Gasteiger partial charge < -0.3 is 11.1 Å². The summed E-state index contributed by atoms with van der Waals surface area (Å²) in [5, 5.41) is 2.98. The van der Waals surface area contributed by atoms with Crippen LogP contribution in [0.25, 0.3) is 0 Å². The van der Waals surface area contributed by atoms with Crippen LogP contribution in [-0.4, -0.2) is 30.1 Å². The maximum atomic E-state index is 11.3. The smallest absolute Gasteiger partial charge is 0.253 e. The highest BCUT2D eigenvalue weighted by atomic mass is 16.2. The molecule has 1 rings (SSSR count). The molecule has 5 heteroatoms. The minimum Gasteiger partial charge on any atom is -0.394 e. The lowest BCUT2D eigenvalue weighted by Crippen LogP contribution is -2.43. The molecule has 120 valence electrons. The van der Waals surface area contributed by atoms with E-state index in [1.807, 2.05) is 0 Å². The van der Waals surface area contributed by atoms with Gasteiger partial charge in [-0.2, -0.15) is 0 Å². The lowest BCUT2D eigenvalue weighted by atomic mass is 10.0. The van der Waals surface area contributed by atoms with E-state index in [0.29, 0.717) is 12.2 Å². The molecule has 0 aliphatic rings. The van der Waals surface area contributed by atoms with Gasteiger partial charge in [0.1, 0.15) is 11.4 Å². The molecular formula is C16H29N3O2. The maximum Gasteiger partial charge on any atom is 0.253 e. The number of nitrogens with one attached hydrogen (secondary N) is 1. The van der Waals surface area contributed by atoms with Crippen LogP contribution >= 0.6 is 0 Å². The molecule has 0 saturated carbocycles. The van der Waals surface area contributed by atoms with Crippen molar-refractivity contribution in [2.75, 3.05) is 30.7 Å². The van der Waals surface area contributed by atoms with Gasteiger partial charge in [0.05, 0.1) is 0 Å². The van der Waals surface area contributed by atoms with E-state index < -0.39 is 10.9 Å². The second-order valence-corrected chi connectivity index (χ2v) is 6.59. The summed E-state index contributed by atoms with van der Waals surface area (Å²) in [6.45, 7) is 11.6. The molecule has 0 bridgehead atoms. The third kappa shape index (κ3) is 4.84. The molecule has 0 unspecified atom stereocenters. The predicted octanol–water partition coefficient (Wildman–Crippen LogP) is 1.96. The Morgan fingerprint density at radius 2 is 1.67 bits per heavy atom. The van der Waals surface area contributed by atoms with E-state index >= 15 is 0 Å². The molecule has 0 aliphatic carbocycles. The summed E-state index contributed by atoms with van der Waals surface area (Å²) >= 11 is 0. The molecule has 0 fully saturated rings. The topological polar surface area (TPSA) is 75.4 Å². The Morgan fingerprint density at radius 1 is 1.05 bits per heavy atom. The molecule has 0 spiro atoms. The fraction of sp³-hybridized carbons (Fsp3) is 0.750. The molecule has 1 aromatic rings. The van der Waals surface area contributed by atoms with E-state index in [9.17, 15) is 9.59 Å². The van der Waals surface area contributed by atoms with Crippen molar-refractivity contribution >= 4 is 11.4 Å². The van der Waals surface area contributed by atoms with Crippen LogP contribution in [0.2, 0.25) is 0 Å². The Labute approximate surface area is 127 Å². The highest BCUT2D eigenvalue weighted by molar-refractivity contribution is 5.71. The third-order valence-corrected chi connectivity index (χ3v) is 3.83. The van der Waals surface area contributed by atoms with Crippen LogP contribution in [0.1, 0.15) is 53.4 Å². The summed E-state index contributed by atoms with van der Waals surface area (Å²) < 4.78 is 0. The predicted molar refractivity (Wildman–Crippen MR) is 89.7 cm³/mol. The highest BCUT2D eigenvalue weighted by Gasteiger charge is 2.21. The third-order valence-electron chi connectivity index (χ3n) is 3.83.